The first-order chi connectivity index (χ1) is 11.8. The van der Waals surface area contributed by atoms with Crippen molar-refractivity contribution in [2.75, 3.05) is 6.61 Å². The second-order valence-corrected chi connectivity index (χ2v) is 7.23. The van der Waals surface area contributed by atoms with E-state index < -0.39 is 41.7 Å². The smallest absolute Gasteiger partial charge is 0.408 e. The van der Waals surface area contributed by atoms with Crippen LogP contribution in [0.2, 0.25) is 0 Å². The number of carbonyl (C=O) groups is 4. The maximum Gasteiger partial charge on any atom is 0.408 e. The van der Waals surface area contributed by atoms with Crippen molar-refractivity contribution in [2.45, 2.75) is 72.1 Å². The van der Waals surface area contributed by atoms with Gasteiger partial charge >= 0.3 is 24.0 Å². The lowest BCUT2D eigenvalue weighted by Crippen LogP contribution is -2.45. The quantitative estimate of drug-likeness (QED) is 0.462. The van der Waals surface area contributed by atoms with E-state index in [9.17, 15) is 19.2 Å². The molecule has 0 aromatic rings. The number of rotatable bonds is 9. The normalized spacial score (nSPS) is 13.5. The lowest BCUT2D eigenvalue weighted by Gasteiger charge is -2.23. The largest absolute Gasteiger partial charge is 0.479 e. The maximum absolute atomic E-state index is 12.1. The molecule has 2 N–H and O–H groups in total. The third-order valence-electron chi connectivity index (χ3n) is 2.83. The minimum absolute atomic E-state index is 0.110. The van der Waals surface area contributed by atoms with Crippen LogP contribution < -0.4 is 5.32 Å². The Morgan fingerprint density at radius 3 is 2.12 bits per heavy atom. The summed E-state index contributed by atoms with van der Waals surface area (Å²) in [5, 5.41) is 11.1. The van der Waals surface area contributed by atoms with E-state index >= 15 is 0 Å². The molecule has 26 heavy (non-hydrogen) atoms. The number of carboxylic acid groups (broad SMARTS) is 1. The van der Waals surface area contributed by atoms with E-state index in [0.29, 0.717) is 0 Å². The van der Waals surface area contributed by atoms with Crippen LogP contribution >= 0.6 is 0 Å². The Balaban J connectivity index is 4.87. The van der Waals surface area contributed by atoms with Gasteiger partial charge in [0.2, 0.25) is 0 Å². The summed E-state index contributed by atoms with van der Waals surface area (Å²) in [5.74, 6) is -2.67. The number of hydrogen-bond acceptors (Lipinski definition) is 7. The predicted octanol–water partition coefficient (Wildman–Crippen LogP) is 1.88. The van der Waals surface area contributed by atoms with Crippen LogP contribution in [-0.4, -0.2) is 53.5 Å². The van der Waals surface area contributed by atoms with E-state index in [1.807, 2.05) is 13.8 Å². The summed E-state index contributed by atoms with van der Waals surface area (Å²) >= 11 is 0. The number of carbonyl (C=O) groups excluding carboxylic acids is 3. The van der Waals surface area contributed by atoms with Crippen LogP contribution in [0.25, 0.3) is 0 Å². The van der Waals surface area contributed by atoms with E-state index in [4.69, 9.17) is 19.3 Å². The number of aliphatic carboxylic acids is 1. The van der Waals surface area contributed by atoms with Gasteiger partial charge in [-0.1, -0.05) is 13.8 Å². The van der Waals surface area contributed by atoms with Gasteiger partial charge in [0.15, 0.2) is 6.10 Å². The van der Waals surface area contributed by atoms with Gasteiger partial charge in [0.05, 0.1) is 6.61 Å². The van der Waals surface area contributed by atoms with Gasteiger partial charge in [0.1, 0.15) is 11.6 Å². The Morgan fingerprint density at radius 1 is 1.08 bits per heavy atom. The first kappa shape index (κ1) is 23.7. The summed E-state index contributed by atoms with van der Waals surface area (Å²) < 4.78 is 14.9. The summed E-state index contributed by atoms with van der Waals surface area (Å²) in [4.78, 5) is 46.5. The highest BCUT2D eigenvalue weighted by atomic mass is 16.6. The summed E-state index contributed by atoms with van der Waals surface area (Å²) in [6.45, 7) is 10.1. The standard InChI is InChI=1S/C17H29NO8/c1-10(2)9-24-13(19)8-7-12(15(22)25-11(3)14(20)21)18-16(23)26-17(4,5)6/h10-12H,7-9H2,1-6H3,(H,18,23)(H,20,21)/t11-,12-/m0/s1. The van der Waals surface area contributed by atoms with Crippen molar-refractivity contribution in [3.8, 4) is 0 Å². The van der Waals surface area contributed by atoms with Crippen molar-refractivity contribution in [1.82, 2.24) is 5.32 Å². The van der Waals surface area contributed by atoms with Crippen molar-refractivity contribution in [2.24, 2.45) is 5.92 Å². The zero-order valence-corrected chi connectivity index (χ0v) is 16.2. The van der Waals surface area contributed by atoms with E-state index in [-0.39, 0.29) is 25.4 Å². The molecule has 0 rings (SSSR count). The Morgan fingerprint density at radius 2 is 1.65 bits per heavy atom. The number of amides is 1. The van der Waals surface area contributed by atoms with E-state index in [0.717, 1.165) is 0 Å². The minimum atomic E-state index is -1.39. The number of ether oxygens (including phenoxy) is 3. The number of alkyl carbamates (subject to hydrolysis) is 1. The molecule has 0 saturated heterocycles. The van der Waals surface area contributed by atoms with Gasteiger partial charge in [-0.3, -0.25) is 4.79 Å². The van der Waals surface area contributed by atoms with Crippen molar-refractivity contribution in [3.05, 3.63) is 0 Å². The minimum Gasteiger partial charge on any atom is -0.479 e. The fourth-order valence-corrected chi connectivity index (χ4v) is 1.60. The predicted molar refractivity (Wildman–Crippen MR) is 91.4 cm³/mol. The lowest BCUT2D eigenvalue weighted by molar-refractivity contribution is -0.164. The zero-order valence-electron chi connectivity index (χ0n) is 16.2. The molecule has 0 heterocycles. The SMILES string of the molecule is CC(C)COC(=O)CC[C@H](NC(=O)OC(C)(C)C)C(=O)O[C@@H](C)C(=O)O. The van der Waals surface area contributed by atoms with E-state index in [2.05, 4.69) is 5.32 Å². The van der Waals surface area contributed by atoms with Crippen LogP contribution in [0, 0.1) is 5.92 Å². The summed E-state index contributed by atoms with van der Waals surface area (Å²) in [6.07, 6.45) is -2.53. The second kappa shape index (κ2) is 10.6. The monoisotopic (exact) mass is 375 g/mol. The van der Waals surface area contributed by atoms with Gasteiger partial charge < -0.3 is 24.6 Å². The Kier molecular flexibility index (Phi) is 9.67. The van der Waals surface area contributed by atoms with Gasteiger partial charge in [-0.25, -0.2) is 14.4 Å². The zero-order chi connectivity index (χ0) is 20.5. The number of hydrogen-bond donors (Lipinski definition) is 2. The fraction of sp³-hybridized carbons (Fsp3) is 0.765. The molecule has 0 aliphatic rings. The molecule has 0 aliphatic heterocycles. The van der Waals surface area contributed by atoms with Crippen LogP contribution in [0.5, 0.6) is 0 Å². The highest BCUT2D eigenvalue weighted by Gasteiger charge is 2.29. The average Bonchev–Trinajstić information content (AvgIpc) is 2.46. The molecule has 0 aliphatic carbocycles. The lowest BCUT2D eigenvalue weighted by atomic mass is 10.1. The molecule has 0 spiro atoms. The third-order valence-corrected chi connectivity index (χ3v) is 2.83. The van der Waals surface area contributed by atoms with Gasteiger partial charge in [0, 0.05) is 6.42 Å². The molecular formula is C17H29NO8. The van der Waals surface area contributed by atoms with E-state index in [1.54, 1.807) is 20.8 Å². The van der Waals surface area contributed by atoms with Crippen molar-refractivity contribution in [1.29, 1.82) is 0 Å². The van der Waals surface area contributed by atoms with E-state index in [1.165, 1.54) is 6.92 Å². The first-order valence-electron chi connectivity index (χ1n) is 8.40. The van der Waals surface area contributed by atoms with Crippen LogP contribution in [-0.2, 0) is 28.6 Å². The number of esters is 2. The Hall–Kier alpha value is -2.32. The van der Waals surface area contributed by atoms with Gasteiger partial charge in [-0.05, 0) is 40.0 Å². The Bertz CT molecular complexity index is 509. The third kappa shape index (κ3) is 11.3. The molecule has 0 aromatic carbocycles. The molecule has 0 saturated carbocycles. The molecule has 0 bridgehead atoms. The average molecular weight is 375 g/mol. The van der Waals surface area contributed by atoms with Gasteiger partial charge in [-0.2, -0.15) is 0 Å². The van der Waals surface area contributed by atoms with Crippen molar-refractivity contribution < 1.29 is 38.5 Å². The van der Waals surface area contributed by atoms with Crippen molar-refractivity contribution >= 4 is 24.0 Å². The maximum atomic E-state index is 12.1. The first-order valence-corrected chi connectivity index (χ1v) is 8.40. The molecule has 150 valence electrons. The van der Waals surface area contributed by atoms with Gasteiger partial charge in [0.25, 0.3) is 0 Å². The summed E-state index contributed by atoms with van der Waals surface area (Å²) in [5.41, 5.74) is -0.789. The van der Waals surface area contributed by atoms with Crippen LogP contribution in [0.1, 0.15) is 54.4 Å². The molecule has 0 radical (unpaired) electrons. The number of carboxylic acids is 1. The second-order valence-electron chi connectivity index (χ2n) is 7.23. The molecular weight excluding hydrogens is 346 g/mol. The fourth-order valence-electron chi connectivity index (χ4n) is 1.60. The number of nitrogens with one attached hydrogen (secondary N) is 1. The molecule has 0 unspecified atom stereocenters. The van der Waals surface area contributed by atoms with Crippen LogP contribution in [0.4, 0.5) is 4.79 Å². The Labute approximate surface area is 153 Å². The molecule has 0 aromatic heterocycles. The van der Waals surface area contributed by atoms with Crippen LogP contribution in [0.3, 0.4) is 0 Å². The summed E-state index contributed by atoms with van der Waals surface area (Å²) in [7, 11) is 0. The topological polar surface area (TPSA) is 128 Å². The summed E-state index contributed by atoms with van der Waals surface area (Å²) in [6, 6.07) is -1.24. The van der Waals surface area contributed by atoms with Crippen molar-refractivity contribution in [3.63, 3.8) is 0 Å². The highest BCUT2D eigenvalue weighted by molar-refractivity contribution is 5.84. The molecule has 9 nitrogen and oxygen atoms in total. The molecule has 2 atom stereocenters. The van der Waals surface area contributed by atoms with Gasteiger partial charge in [-0.15, -0.1) is 0 Å². The molecule has 9 heteroatoms. The van der Waals surface area contributed by atoms with Crippen LogP contribution in [0.15, 0.2) is 0 Å². The molecule has 1 amide bonds. The molecule has 0 fully saturated rings. The highest BCUT2D eigenvalue weighted by Crippen LogP contribution is 2.10.